The zero-order valence-electron chi connectivity index (χ0n) is 11.7. The topological polar surface area (TPSA) is 65.7 Å². The van der Waals surface area contributed by atoms with Crippen LogP contribution in [-0.4, -0.2) is 34.3 Å². The number of nitrogens with zero attached hydrogens (tertiary/aromatic N) is 3. The molecular weight excluding hydrogens is 277 g/mol. The van der Waals surface area contributed by atoms with E-state index in [1.165, 1.54) is 23.9 Å². The molecule has 7 heteroatoms. The quantitative estimate of drug-likeness (QED) is 0.778. The maximum absolute atomic E-state index is 13.5. The molecule has 3 aliphatic rings. The van der Waals surface area contributed by atoms with Gasteiger partial charge in [-0.1, -0.05) is 0 Å². The van der Waals surface area contributed by atoms with E-state index in [1.54, 1.807) is 6.92 Å². The first kappa shape index (κ1) is 12.7. The summed E-state index contributed by atoms with van der Waals surface area (Å²) in [6, 6.07) is 1.41. The zero-order chi connectivity index (χ0) is 14.8. The van der Waals surface area contributed by atoms with Crippen molar-refractivity contribution in [2.24, 2.45) is 11.8 Å². The van der Waals surface area contributed by atoms with Crippen LogP contribution in [0.5, 0.6) is 0 Å². The molecule has 6 nitrogen and oxygen atoms in total. The highest BCUT2D eigenvalue weighted by atomic mass is 19.1. The van der Waals surface area contributed by atoms with E-state index < -0.39 is 5.60 Å². The van der Waals surface area contributed by atoms with E-state index in [9.17, 15) is 9.18 Å². The van der Waals surface area contributed by atoms with Gasteiger partial charge < -0.3 is 9.47 Å². The van der Waals surface area contributed by atoms with E-state index in [2.05, 4.69) is 10.1 Å². The number of hydrogen-bond donors (Lipinski definition) is 0. The van der Waals surface area contributed by atoms with E-state index in [1.807, 2.05) is 0 Å². The lowest BCUT2D eigenvalue weighted by molar-refractivity contribution is -0.164. The summed E-state index contributed by atoms with van der Waals surface area (Å²) in [5, 5.41) is 4.33. The van der Waals surface area contributed by atoms with Gasteiger partial charge in [-0.3, -0.25) is 4.79 Å². The Bertz CT molecular complexity index is 755. The predicted molar refractivity (Wildman–Crippen MR) is 68.9 cm³/mol. The van der Waals surface area contributed by atoms with E-state index in [0.717, 1.165) is 0 Å². The number of fused-ring (bicyclic) bond motifs is 2. The molecule has 0 N–H and O–H groups in total. The molecule has 3 fully saturated rings. The number of aryl methyl sites for hydroxylation is 1. The summed E-state index contributed by atoms with van der Waals surface area (Å²) in [7, 11) is 1.37. The Kier molecular flexibility index (Phi) is 2.42. The van der Waals surface area contributed by atoms with Crippen molar-refractivity contribution in [3.63, 3.8) is 0 Å². The van der Waals surface area contributed by atoms with Crippen molar-refractivity contribution in [1.29, 1.82) is 0 Å². The predicted octanol–water partition coefficient (Wildman–Crippen LogP) is 1.21. The third kappa shape index (κ3) is 1.52. The van der Waals surface area contributed by atoms with Crippen LogP contribution >= 0.6 is 0 Å². The van der Waals surface area contributed by atoms with Gasteiger partial charge in [-0.25, -0.2) is 13.9 Å². The van der Waals surface area contributed by atoms with Gasteiger partial charge in [-0.15, -0.1) is 5.10 Å². The standard InChI is InChI=1S/C14H14FN3O3/c1-7-3-9(15)5-18-11(7)16-13(17-18)14-4-8(6-21-14)10(14)12(19)20-2/h3,5,8,10H,4,6H2,1-2H3. The Morgan fingerprint density at radius 1 is 1.62 bits per heavy atom. The second-order valence-electron chi connectivity index (χ2n) is 5.71. The molecule has 2 bridgehead atoms. The van der Waals surface area contributed by atoms with Gasteiger partial charge in [-0.2, -0.15) is 0 Å². The number of hydrogen-bond acceptors (Lipinski definition) is 5. The summed E-state index contributed by atoms with van der Waals surface area (Å²) in [6.07, 6.45) is 1.97. The molecule has 3 unspecified atom stereocenters. The van der Waals surface area contributed by atoms with Crippen molar-refractivity contribution in [3.8, 4) is 0 Å². The third-order valence-electron chi connectivity index (χ3n) is 4.51. The minimum atomic E-state index is -0.813. The first-order chi connectivity index (χ1) is 10.0. The number of ether oxygens (including phenoxy) is 2. The molecule has 0 spiro atoms. The Morgan fingerprint density at radius 2 is 2.43 bits per heavy atom. The van der Waals surface area contributed by atoms with E-state index >= 15 is 0 Å². The fourth-order valence-electron chi connectivity index (χ4n) is 3.51. The molecule has 0 radical (unpaired) electrons. The molecule has 4 heterocycles. The molecule has 1 saturated carbocycles. The summed E-state index contributed by atoms with van der Waals surface area (Å²) in [6.45, 7) is 2.27. The normalized spacial score (nSPS) is 30.4. The number of halogens is 1. The SMILES string of the molecule is COC(=O)C1C2COC1(c1nc3c(C)cc(F)cn3n1)C2. The van der Waals surface area contributed by atoms with Crippen LogP contribution in [-0.2, 0) is 19.9 Å². The van der Waals surface area contributed by atoms with Crippen LogP contribution in [0.3, 0.4) is 0 Å². The molecule has 5 rings (SSSR count). The first-order valence-corrected chi connectivity index (χ1v) is 6.80. The van der Waals surface area contributed by atoms with Crippen LogP contribution in [0.2, 0.25) is 0 Å². The summed E-state index contributed by atoms with van der Waals surface area (Å²) in [4.78, 5) is 16.4. The summed E-state index contributed by atoms with van der Waals surface area (Å²) < 4.78 is 25.5. The maximum atomic E-state index is 13.5. The third-order valence-corrected chi connectivity index (χ3v) is 4.51. The number of carbonyl (C=O) groups is 1. The zero-order valence-corrected chi connectivity index (χ0v) is 11.7. The van der Waals surface area contributed by atoms with Gasteiger partial charge in [0.05, 0.1) is 25.8 Å². The molecule has 2 aliphatic heterocycles. The smallest absolute Gasteiger partial charge is 0.312 e. The monoisotopic (exact) mass is 291 g/mol. The number of esters is 1. The lowest BCUT2D eigenvalue weighted by atomic mass is 9.64. The number of aromatic nitrogens is 3. The Hall–Kier alpha value is -2.02. The molecule has 3 atom stereocenters. The second-order valence-corrected chi connectivity index (χ2v) is 5.71. The number of rotatable bonds is 2. The van der Waals surface area contributed by atoms with E-state index in [4.69, 9.17) is 9.47 Å². The molecule has 2 aromatic heterocycles. The Balaban J connectivity index is 1.83. The minimum absolute atomic E-state index is 0.155. The number of pyridine rings is 1. The minimum Gasteiger partial charge on any atom is -0.469 e. The van der Waals surface area contributed by atoms with Crippen molar-refractivity contribution in [2.75, 3.05) is 13.7 Å². The van der Waals surface area contributed by atoms with Gasteiger partial charge in [0.25, 0.3) is 0 Å². The van der Waals surface area contributed by atoms with E-state index in [-0.39, 0.29) is 23.6 Å². The lowest BCUT2D eigenvalue weighted by Crippen LogP contribution is -2.50. The molecular formula is C14H14FN3O3. The molecule has 1 aliphatic carbocycles. The van der Waals surface area contributed by atoms with Gasteiger partial charge in [0.1, 0.15) is 11.4 Å². The van der Waals surface area contributed by atoms with Crippen LogP contribution < -0.4 is 0 Å². The van der Waals surface area contributed by atoms with E-state index in [0.29, 0.717) is 30.1 Å². The average molecular weight is 291 g/mol. The highest BCUT2D eigenvalue weighted by Gasteiger charge is 2.67. The second kappa shape index (κ2) is 4.00. The number of carbonyl (C=O) groups excluding carboxylic acids is 1. The van der Waals surface area contributed by atoms with Gasteiger partial charge >= 0.3 is 5.97 Å². The number of methoxy groups -OCH3 is 1. The lowest BCUT2D eigenvalue weighted by Gasteiger charge is -2.40. The van der Waals surface area contributed by atoms with Crippen molar-refractivity contribution in [3.05, 3.63) is 29.5 Å². The van der Waals surface area contributed by atoms with Gasteiger partial charge in [0, 0.05) is 5.92 Å². The van der Waals surface area contributed by atoms with Crippen LogP contribution in [0.15, 0.2) is 12.3 Å². The highest BCUT2D eigenvalue weighted by Crippen LogP contribution is 2.59. The van der Waals surface area contributed by atoms with Crippen LogP contribution in [0.1, 0.15) is 17.8 Å². The average Bonchev–Trinajstić information content (AvgIpc) is 3.09. The Morgan fingerprint density at radius 3 is 3.14 bits per heavy atom. The van der Waals surface area contributed by atoms with Crippen LogP contribution in [0.25, 0.3) is 5.65 Å². The fourth-order valence-corrected chi connectivity index (χ4v) is 3.51. The highest BCUT2D eigenvalue weighted by molar-refractivity contribution is 5.76. The fraction of sp³-hybridized carbons (Fsp3) is 0.500. The molecule has 2 saturated heterocycles. The van der Waals surface area contributed by atoms with Crippen molar-refractivity contribution >= 4 is 11.6 Å². The molecule has 110 valence electrons. The summed E-state index contributed by atoms with van der Waals surface area (Å²) in [5.41, 5.74) is 0.448. The van der Waals surface area contributed by atoms with Gasteiger partial charge in [-0.05, 0) is 25.0 Å². The first-order valence-electron chi connectivity index (χ1n) is 6.80. The molecule has 2 aromatic rings. The van der Waals surface area contributed by atoms with Crippen LogP contribution in [0.4, 0.5) is 4.39 Å². The van der Waals surface area contributed by atoms with Gasteiger partial charge in [0.15, 0.2) is 11.5 Å². The van der Waals surface area contributed by atoms with Crippen molar-refractivity contribution in [2.45, 2.75) is 18.9 Å². The largest absolute Gasteiger partial charge is 0.469 e. The Labute approximate surface area is 119 Å². The van der Waals surface area contributed by atoms with Crippen molar-refractivity contribution < 1.29 is 18.7 Å². The molecule has 0 aromatic carbocycles. The summed E-state index contributed by atoms with van der Waals surface area (Å²) in [5.74, 6) is -0.463. The van der Waals surface area contributed by atoms with Crippen molar-refractivity contribution in [1.82, 2.24) is 14.6 Å². The molecule has 0 amide bonds. The maximum Gasteiger partial charge on any atom is 0.312 e. The van der Waals surface area contributed by atoms with Gasteiger partial charge in [0.2, 0.25) is 0 Å². The molecule has 21 heavy (non-hydrogen) atoms. The van der Waals surface area contributed by atoms with Crippen LogP contribution in [0, 0.1) is 24.6 Å². The summed E-state index contributed by atoms with van der Waals surface area (Å²) >= 11 is 0.